The van der Waals surface area contributed by atoms with E-state index in [0.29, 0.717) is 5.92 Å². The van der Waals surface area contributed by atoms with Crippen LogP contribution in [0.4, 0.5) is 0 Å². The molecule has 2 aromatic heterocycles. The number of hydrogen-bond acceptors (Lipinski definition) is 4. The summed E-state index contributed by atoms with van der Waals surface area (Å²) >= 11 is 0. The summed E-state index contributed by atoms with van der Waals surface area (Å²) in [6.45, 7) is 2.27. The van der Waals surface area contributed by atoms with E-state index >= 15 is 0 Å². The number of aliphatic imine (C=N–C) groups is 1. The summed E-state index contributed by atoms with van der Waals surface area (Å²) < 4.78 is 2.30. The summed E-state index contributed by atoms with van der Waals surface area (Å²) in [4.78, 5) is 15.2. The van der Waals surface area contributed by atoms with Gasteiger partial charge in [0, 0.05) is 40.1 Å². The van der Waals surface area contributed by atoms with Crippen molar-refractivity contribution in [2.45, 2.75) is 19.5 Å². The van der Waals surface area contributed by atoms with Crippen molar-refractivity contribution >= 4 is 44.0 Å². The summed E-state index contributed by atoms with van der Waals surface area (Å²) in [5.74, 6) is 1.38. The highest BCUT2D eigenvalue weighted by Crippen LogP contribution is 2.39. The second-order valence-electron chi connectivity index (χ2n) is 15.8. The Hall–Kier alpha value is -7.63. The maximum absolute atomic E-state index is 5.36. The molecule has 0 amide bonds. The van der Waals surface area contributed by atoms with Gasteiger partial charge >= 0.3 is 0 Å². The SMILES string of the molecule is CC1C=C(C2N=C(c3ccc(-c4ccccc4)cc3)C=C(c3ccc(-c4ccc(-n5c(-c6ccccc6)nc6c7ccccc7c7ccncc7c65)cc4)cc3)N2)C=CC1. The number of nitrogens with one attached hydrogen (secondary N) is 1. The van der Waals surface area contributed by atoms with E-state index < -0.39 is 0 Å². The van der Waals surface area contributed by atoms with Crippen LogP contribution in [0.25, 0.3) is 77.6 Å². The summed E-state index contributed by atoms with van der Waals surface area (Å²) in [7, 11) is 0. The fourth-order valence-electron chi connectivity index (χ4n) is 8.81. The predicted molar refractivity (Wildman–Crippen MR) is 249 cm³/mol. The van der Waals surface area contributed by atoms with Gasteiger partial charge in [-0.2, -0.15) is 0 Å². The summed E-state index contributed by atoms with van der Waals surface area (Å²) in [6, 6.07) is 58.1. The van der Waals surface area contributed by atoms with Crippen molar-refractivity contribution in [1.82, 2.24) is 19.9 Å². The molecule has 1 aliphatic carbocycles. The average molecular weight is 772 g/mol. The van der Waals surface area contributed by atoms with E-state index in [4.69, 9.17) is 9.98 Å². The molecule has 1 N–H and O–H groups in total. The molecule has 3 heterocycles. The second-order valence-corrected chi connectivity index (χ2v) is 15.8. The van der Waals surface area contributed by atoms with Gasteiger partial charge in [0.1, 0.15) is 12.0 Å². The van der Waals surface area contributed by atoms with Crippen molar-refractivity contribution < 1.29 is 0 Å². The van der Waals surface area contributed by atoms with Gasteiger partial charge in [0.2, 0.25) is 0 Å². The van der Waals surface area contributed by atoms with E-state index in [-0.39, 0.29) is 6.17 Å². The number of pyridine rings is 1. The van der Waals surface area contributed by atoms with Crippen molar-refractivity contribution in [3.05, 3.63) is 217 Å². The number of benzene rings is 7. The van der Waals surface area contributed by atoms with E-state index in [1.165, 1.54) is 27.5 Å². The minimum Gasteiger partial charge on any atom is -0.360 e. The van der Waals surface area contributed by atoms with E-state index in [1.54, 1.807) is 0 Å². The Kier molecular flexibility index (Phi) is 8.85. The van der Waals surface area contributed by atoms with Crippen molar-refractivity contribution in [2.75, 3.05) is 0 Å². The van der Waals surface area contributed by atoms with Crippen LogP contribution in [0.1, 0.15) is 24.5 Å². The molecule has 0 radical (unpaired) electrons. The molecule has 0 bridgehead atoms. The molecule has 2 atom stereocenters. The molecule has 9 aromatic rings. The van der Waals surface area contributed by atoms with Crippen LogP contribution in [-0.2, 0) is 0 Å². The molecule has 11 rings (SSSR count). The number of imidazole rings is 1. The van der Waals surface area contributed by atoms with Crippen LogP contribution in [0.2, 0.25) is 0 Å². The summed E-state index contributed by atoms with van der Waals surface area (Å²) in [5, 5.41) is 8.34. The Morgan fingerprint density at radius 1 is 0.567 bits per heavy atom. The highest BCUT2D eigenvalue weighted by molar-refractivity contribution is 6.24. The number of fused-ring (bicyclic) bond motifs is 6. The predicted octanol–water partition coefficient (Wildman–Crippen LogP) is 13.0. The lowest BCUT2D eigenvalue weighted by molar-refractivity contribution is 0.670. The minimum absolute atomic E-state index is 0.175. The average Bonchev–Trinajstić information content (AvgIpc) is 3.74. The van der Waals surface area contributed by atoms with Crippen LogP contribution in [-0.4, -0.2) is 26.4 Å². The highest BCUT2D eigenvalue weighted by atomic mass is 15.1. The maximum atomic E-state index is 5.36. The number of aromatic nitrogens is 3. The van der Waals surface area contributed by atoms with E-state index in [0.717, 1.165) is 79.0 Å². The fraction of sp³-hybridized carbons (Fsp3) is 0.0727. The van der Waals surface area contributed by atoms with Crippen LogP contribution in [0.15, 0.2) is 211 Å². The van der Waals surface area contributed by atoms with Crippen molar-refractivity contribution in [3.63, 3.8) is 0 Å². The lowest BCUT2D eigenvalue weighted by atomic mass is 9.94. The van der Waals surface area contributed by atoms with Gasteiger partial charge in [0.15, 0.2) is 0 Å². The summed E-state index contributed by atoms with van der Waals surface area (Å²) in [5.41, 5.74) is 14.3. The quantitative estimate of drug-likeness (QED) is 0.164. The van der Waals surface area contributed by atoms with Gasteiger partial charge in [-0.05, 0) is 86.3 Å². The molecular formula is C55H41N5. The zero-order valence-electron chi connectivity index (χ0n) is 33.2. The highest BCUT2D eigenvalue weighted by Gasteiger charge is 2.23. The molecule has 2 aliphatic rings. The number of nitrogens with zero attached hydrogens (tertiary/aromatic N) is 4. The van der Waals surface area contributed by atoms with Crippen molar-refractivity contribution in [2.24, 2.45) is 10.9 Å². The Labute approximate surface area is 349 Å². The van der Waals surface area contributed by atoms with Gasteiger partial charge < -0.3 is 5.32 Å². The van der Waals surface area contributed by atoms with Gasteiger partial charge in [0.25, 0.3) is 0 Å². The largest absolute Gasteiger partial charge is 0.360 e. The van der Waals surface area contributed by atoms with E-state index in [9.17, 15) is 0 Å². The molecule has 60 heavy (non-hydrogen) atoms. The maximum Gasteiger partial charge on any atom is 0.145 e. The lowest BCUT2D eigenvalue weighted by Gasteiger charge is -2.27. The third-order valence-corrected chi connectivity index (χ3v) is 11.9. The van der Waals surface area contributed by atoms with Crippen LogP contribution in [0.3, 0.4) is 0 Å². The standard InChI is InChI=1S/C55H41N5/c1-36-11-10-16-44(33-36)54-57-50(41-23-19-38(20-24-41)37-12-4-2-5-13-37)34-51(58-54)42-25-21-39(22-26-42)40-27-29-45(30-28-40)60-53-49-35-56-32-31-47(49)46-17-8-9-18-48(46)52(53)59-55(60)43-14-6-3-7-15-43/h2-10,12-36,54,58H,11H2,1H3. The monoisotopic (exact) mass is 771 g/mol. The number of allylic oxidation sites excluding steroid dienone is 3. The fourth-order valence-corrected chi connectivity index (χ4v) is 8.81. The molecule has 5 nitrogen and oxygen atoms in total. The third-order valence-electron chi connectivity index (χ3n) is 11.9. The first-order valence-electron chi connectivity index (χ1n) is 20.7. The molecule has 7 aromatic carbocycles. The smallest absolute Gasteiger partial charge is 0.145 e. The first-order valence-corrected chi connectivity index (χ1v) is 20.7. The van der Waals surface area contributed by atoms with Crippen LogP contribution in [0, 0.1) is 5.92 Å². The van der Waals surface area contributed by atoms with Gasteiger partial charge in [-0.25, -0.2) is 4.98 Å². The Balaban J connectivity index is 0.946. The van der Waals surface area contributed by atoms with Crippen molar-refractivity contribution in [1.29, 1.82) is 0 Å². The summed E-state index contributed by atoms with van der Waals surface area (Å²) in [6.07, 6.45) is 13.8. The van der Waals surface area contributed by atoms with Gasteiger partial charge in [0.05, 0.1) is 16.7 Å². The topological polar surface area (TPSA) is 55.1 Å². The molecule has 0 spiro atoms. The number of hydrogen-bond donors (Lipinski definition) is 1. The molecule has 286 valence electrons. The molecule has 1 aliphatic heterocycles. The van der Waals surface area contributed by atoms with E-state index in [1.807, 2.05) is 18.5 Å². The first-order chi connectivity index (χ1) is 29.6. The van der Waals surface area contributed by atoms with Gasteiger partial charge in [-0.1, -0.05) is 171 Å². The van der Waals surface area contributed by atoms with E-state index in [2.05, 4.69) is 204 Å². The van der Waals surface area contributed by atoms with Gasteiger partial charge in [-0.15, -0.1) is 0 Å². The second kappa shape index (κ2) is 14.9. The molecular weight excluding hydrogens is 731 g/mol. The van der Waals surface area contributed by atoms with Crippen LogP contribution < -0.4 is 5.32 Å². The number of rotatable bonds is 7. The lowest BCUT2D eigenvalue weighted by Crippen LogP contribution is -2.33. The van der Waals surface area contributed by atoms with Crippen LogP contribution >= 0.6 is 0 Å². The molecule has 0 saturated heterocycles. The van der Waals surface area contributed by atoms with Crippen molar-refractivity contribution in [3.8, 4) is 39.3 Å². The third kappa shape index (κ3) is 6.41. The molecule has 0 fully saturated rings. The molecule has 2 unspecified atom stereocenters. The Morgan fingerprint density at radius 2 is 1.15 bits per heavy atom. The Bertz CT molecular complexity index is 3170. The zero-order valence-corrected chi connectivity index (χ0v) is 33.2. The normalized spacial score (nSPS) is 16.4. The minimum atomic E-state index is -0.175. The molecule has 5 heteroatoms. The van der Waals surface area contributed by atoms with Crippen LogP contribution in [0.5, 0.6) is 0 Å². The zero-order chi connectivity index (χ0) is 40.0. The first kappa shape index (κ1) is 35.5. The molecule has 0 saturated carbocycles. The van der Waals surface area contributed by atoms with Gasteiger partial charge in [-0.3, -0.25) is 14.5 Å². The Morgan fingerprint density at radius 3 is 1.85 bits per heavy atom.